The van der Waals surface area contributed by atoms with Gasteiger partial charge in [-0.1, -0.05) is 42.5 Å². The number of hydrogen-bond acceptors (Lipinski definition) is 10. The number of sulfonamides is 1. The number of anilines is 2. The second-order valence-electron chi connectivity index (χ2n) is 13.0. The topological polar surface area (TPSA) is 192 Å². The summed E-state index contributed by atoms with van der Waals surface area (Å²) in [4.78, 5) is 39.0. The van der Waals surface area contributed by atoms with Crippen molar-refractivity contribution in [2.75, 3.05) is 44.5 Å². The average molecular weight is 782 g/mol. The molecule has 5 aromatic rings. The van der Waals surface area contributed by atoms with Crippen molar-refractivity contribution in [3.63, 3.8) is 0 Å². The van der Waals surface area contributed by atoms with Crippen molar-refractivity contribution in [1.82, 2.24) is 14.2 Å². The van der Waals surface area contributed by atoms with E-state index in [1.54, 1.807) is 65.4 Å². The lowest BCUT2D eigenvalue weighted by molar-refractivity contribution is -0.146. The molecule has 1 aromatic heterocycles. The summed E-state index contributed by atoms with van der Waals surface area (Å²) in [5.41, 5.74) is 9.53. The molecule has 0 radical (unpaired) electrons. The zero-order valence-corrected chi connectivity index (χ0v) is 31.7. The van der Waals surface area contributed by atoms with Gasteiger partial charge >= 0.3 is 0 Å². The number of aliphatic hydroxyl groups excluding tert-OH is 1. The van der Waals surface area contributed by atoms with Crippen molar-refractivity contribution in [3.8, 4) is 5.75 Å². The molecule has 0 bridgehead atoms. The molecule has 2 heterocycles. The van der Waals surface area contributed by atoms with Gasteiger partial charge in [-0.15, -0.1) is 0 Å². The largest absolute Gasteiger partial charge is 0.497 e. The van der Waals surface area contributed by atoms with Crippen LogP contribution in [0.2, 0.25) is 0 Å². The summed E-state index contributed by atoms with van der Waals surface area (Å²) in [7, 11) is -2.52. The first-order chi connectivity index (χ1) is 27.0. The lowest BCUT2D eigenvalue weighted by atomic mass is 9.92. The molecule has 4 aromatic carbocycles. The van der Waals surface area contributed by atoms with Crippen molar-refractivity contribution >= 4 is 50.0 Å². The number of aliphatic hydroxyl groups is 1. The summed E-state index contributed by atoms with van der Waals surface area (Å²) in [5.74, 6) is -0.973. The molecule has 15 heteroatoms. The molecule has 1 aliphatic rings. The Balaban J connectivity index is 1.17. The number of carbonyl (C=O) groups is 3. The highest BCUT2D eigenvalue weighted by atomic mass is 32.2. The Bertz CT molecular complexity index is 2340. The molecule has 0 aliphatic carbocycles. The molecule has 2 amide bonds. The number of nitrogens with two attached hydrogens (primary N) is 1. The lowest BCUT2D eigenvalue weighted by Gasteiger charge is -2.30. The number of nitrogen functional groups attached to an aromatic ring is 1. The van der Waals surface area contributed by atoms with E-state index in [1.807, 2.05) is 24.3 Å². The minimum atomic E-state index is -4.00. The van der Waals surface area contributed by atoms with Crippen LogP contribution in [0.4, 0.5) is 11.4 Å². The highest BCUT2D eigenvalue weighted by Crippen LogP contribution is 2.36. The summed E-state index contributed by atoms with van der Waals surface area (Å²) in [6, 6.07) is 27.1. The van der Waals surface area contributed by atoms with E-state index in [2.05, 4.69) is 10.6 Å². The molecule has 1 aliphatic heterocycles. The Kier molecular flexibility index (Phi) is 12.5. The molecular weight excluding hydrogens is 739 g/mol. The van der Waals surface area contributed by atoms with E-state index in [-0.39, 0.29) is 55.1 Å². The maximum atomic E-state index is 13.7. The third kappa shape index (κ3) is 9.09. The normalized spacial score (nSPS) is 15.5. The van der Waals surface area contributed by atoms with Crippen LogP contribution in [0.5, 0.6) is 5.75 Å². The van der Waals surface area contributed by atoms with Gasteiger partial charge in [0.25, 0.3) is 11.8 Å². The van der Waals surface area contributed by atoms with E-state index in [9.17, 15) is 27.9 Å². The maximum Gasteiger partial charge on any atom is 0.286 e. The number of ether oxygens (including phenoxy) is 3. The Morgan fingerprint density at radius 1 is 0.946 bits per heavy atom. The molecule has 0 saturated carbocycles. The van der Waals surface area contributed by atoms with E-state index >= 15 is 0 Å². The quantitative estimate of drug-likeness (QED) is 0.107. The monoisotopic (exact) mass is 781 g/mol. The number of nitrogens with zero attached hydrogens (tertiary/aromatic N) is 2. The Morgan fingerprint density at radius 3 is 2.36 bits per heavy atom. The summed E-state index contributed by atoms with van der Waals surface area (Å²) in [6.45, 7) is 0.777. The molecular formula is C41H43N5O9S. The van der Waals surface area contributed by atoms with Crippen LogP contribution in [0.1, 0.15) is 45.5 Å². The van der Waals surface area contributed by atoms with E-state index in [4.69, 9.17) is 19.9 Å². The van der Waals surface area contributed by atoms with Crippen LogP contribution in [0.3, 0.4) is 0 Å². The summed E-state index contributed by atoms with van der Waals surface area (Å²) in [5, 5.41) is 16.2. The first kappa shape index (κ1) is 39.7. The SMILES string of the molecule is COc1ccc(S(=O)(=O)N(CCO)CCO[C@@H]2C[C@H](c3cn(C(C)=O)c4ccccc34)C=C(C(=O)NCc3ccc(C(=O)Nc4ccccc4N)cc3)O2)cc1. The van der Waals surface area contributed by atoms with E-state index in [0.29, 0.717) is 28.2 Å². The number of para-hydroxylation sites is 3. The number of hydrogen-bond donors (Lipinski definition) is 4. The van der Waals surface area contributed by atoms with Crippen molar-refractivity contribution in [3.05, 3.63) is 132 Å². The highest BCUT2D eigenvalue weighted by molar-refractivity contribution is 7.89. The number of fused-ring (bicyclic) bond motifs is 1. The minimum Gasteiger partial charge on any atom is -0.497 e. The molecule has 0 spiro atoms. The maximum absolute atomic E-state index is 13.7. The molecule has 0 unspecified atom stereocenters. The van der Waals surface area contributed by atoms with Crippen molar-refractivity contribution < 1.29 is 42.1 Å². The van der Waals surface area contributed by atoms with Gasteiger partial charge in [0.05, 0.1) is 42.1 Å². The van der Waals surface area contributed by atoms with Crippen LogP contribution in [0, 0.1) is 0 Å². The van der Waals surface area contributed by atoms with Gasteiger partial charge in [0.1, 0.15) is 5.75 Å². The van der Waals surface area contributed by atoms with Crippen LogP contribution in [-0.2, 0) is 30.8 Å². The van der Waals surface area contributed by atoms with E-state index < -0.39 is 34.7 Å². The van der Waals surface area contributed by atoms with Gasteiger partial charge in [-0.05, 0) is 71.8 Å². The number of allylic oxidation sites excluding steroid dienone is 1. The smallest absolute Gasteiger partial charge is 0.286 e. The molecule has 0 saturated heterocycles. The number of nitrogens with one attached hydrogen (secondary N) is 2. The number of rotatable bonds is 15. The third-order valence-electron chi connectivity index (χ3n) is 9.33. The molecule has 14 nitrogen and oxygen atoms in total. The molecule has 292 valence electrons. The van der Waals surface area contributed by atoms with Gasteiger partial charge in [0.15, 0.2) is 5.76 Å². The Hall–Kier alpha value is -6.00. The number of amides is 2. The van der Waals surface area contributed by atoms with Crippen molar-refractivity contribution in [1.29, 1.82) is 0 Å². The van der Waals surface area contributed by atoms with Crippen LogP contribution >= 0.6 is 0 Å². The average Bonchev–Trinajstić information content (AvgIpc) is 3.61. The third-order valence-corrected chi connectivity index (χ3v) is 11.2. The summed E-state index contributed by atoms with van der Waals surface area (Å²) < 4.78 is 46.9. The van der Waals surface area contributed by atoms with Gasteiger partial charge in [-0.2, -0.15) is 4.31 Å². The fraction of sp³-hybridized carbons (Fsp3) is 0.244. The number of aromatic nitrogens is 1. The van der Waals surface area contributed by atoms with Gasteiger partial charge in [0, 0.05) is 56.0 Å². The van der Waals surface area contributed by atoms with Crippen LogP contribution in [0.15, 0.2) is 120 Å². The second-order valence-corrected chi connectivity index (χ2v) is 14.9. The fourth-order valence-corrected chi connectivity index (χ4v) is 7.81. The van der Waals surface area contributed by atoms with E-state index in [0.717, 1.165) is 20.8 Å². The van der Waals surface area contributed by atoms with Crippen LogP contribution in [-0.4, -0.2) is 79.8 Å². The summed E-state index contributed by atoms with van der Waals surface area (Å²) in [6.07, 6.45) is 2.73. The first-order valence-corrected chi connectivity index (χ1v) is 19.3. The molecule has 2 atom stereocenters. The van der Waals surface area contributed by atoms with Gasteiger partial charge in [-0.25, -0.2) is 8.42 Å². The molecule has 56 heavy (non-hydrogen) atoms. The first-order valence-electron chi connectivity index (χ1n) is 17.9. The number of carbonyl (C=O) groups excluding carboxylic acids is 3. The minimum absolute atomic E-state index is 0.0135. The highest BCUT2D eigenvalue weighted by Gasteiger charge is 2.32. The van der Waals surface area contributed by atoms with Crippen LogP contribution < -0.4 is 21.1 Å². The van der Waals surface area contributed by atoms with Gasteiger partial charge in [-0.3, -0.25) is 19.0 Å². The fourth-order valence-electron chi connectivity index (χ4n) is 6.39. The molecule has 6 rings (SSSR count). The van der Waals surface area contributed by atoms with Crippen molar-refractivity contribution in [2.24, 2.45) is 0 Å². The summed E-state index contributed by atoms with van der Waals surface area (Å²) >= 11 is 0. The molecule has 0 fully saturated rings. The predicted molar refractivity (Wildman–Crippen MR) is 210 cm³/mol. The van der Waals surface area contributed by atoms with Crippen molar-refractivity contribution in [2.45, 2.75) is 37.0 Å². The lowest BCUT2D eigenvalue weighted by Crippen LogP contribution is -2.38. The number of benzene rings is 4. The Morgan fingerprint density at radius 2 is 1.66 bits per heavy atom. The number of methoxy groups -OCH3 is 1. The zero-order chi connectivity index (χ0) is 39.8. The van der Waals surface area contributed by atoms with Gasteiger partial charge < -0.3 is 35.7 Å². The Labute approximate surface area is 324 Å². The zero-order valence-electron chi connectivity index (χ0n) is 30.9. The van der Waals surface area contributed by atoms with Gasteiger partial charge in [0.2, 0.25) is 22.2 Å². The van der Waals surface area contributed by atoms with E-state index in [1.165, 1.54) is 38.3 Å². The van der Waals surface area contributed by atoms with Crippen LogP contribution in [0.25, 0.3) is 10.9 Å². The predicted octanol–water partition coefficient (Wildman–Crippen LogP) is 4.87. The second kappa shape index (κ2) is 17.6. The standard InChI is InChI=1S/C41H43N5O9S/c1-27(48)46-26-34(33-7-3-6-10-37(33)46)30-23-38(41(50)43-25-28-11-13-29(14-12-28)40(49)44-36-9-5-4-8-35(36)42)55-39(24-30)54-22-20-45(19-21-47)56(51,52)32-17-15-31(53-2)16-18-32/h3-18,23,26,30,39,47H,19-22,24-25,42H2,1-2H3,(H,43,50)(H,44,49)/t30-,39+/m1/s1. The molecule has 5 N–H and O–H groups in total.